The fraction of sp³-hybridized carbons (Fsp3) is 0.111. The Morgan fingerprint density at radius 1 is 0.800 bits per heavy atom. The van der Waals surface area contributed by atoms with Crippen molar-refractivity contribution < 1.29 is 9.15 Å². The van der Waals surface area contributed by atoms with E-state index in [2.05, 4.69) is 31.2 Å². The molecule has 0 saturated heterocycles. The van der Waals surface area contributed by atoms with E-state index in [1.54, 1.807) is 7.11 Å². The zero-order chi connectivity index (χ0) is 13.9. The second-order valence-corrected chi connectivity index (χ2v) is 4.73. The van der Waals surface area contributed by atoms with E-state index in [1.165, 1.54) is 5.56 Å². The molecule has 0 aliphatic rings. The third-order valence-electron chi connectivity index (χ3n) is 3.31. The molecule has 0 unspecified atom stereocenters. The molecule has 3 aromatic rings. The monoisotopic (exact) mass is 264 g/mol. The van der Waals surface area contributed by atoms with Gasteiger partial charge in [-0.3, -0.25) is 0 Å². The van der Waals surface area contributed by atoms with Crippen LogP contribution in [0.5, 0.6) is 5.75 Å². The first-order valence-electron chi connectivity index (χ1n) is 6.58. The second kappa shape index (κ2) is 5.25. The Hall–Kier alpha value is -2.48. The van der Waals surface area contributed by atoms with Gasteiger partial charge in [0.1, 0.15) is 17.3 Å². The molecule has 100 valence electrons. The van der Waals surface area contributed by atoms with Gasteiger partial charge in [0.15, 0.2) is 0 Å². The lowest BCUT2D eigenvalue weighted by Crippen LogP contribution is -1.85. The van der Waals surface area contributed by atoms with Crippen LogP contribution in [0, 0.1) is 6.92 Å². The lowest BCUT2D eigenvalue weighted by Gasteiger charge is -2.05. The predicted octanol–water partition coefficient (Wildman–Crippen LogP) is 4.93. The molecule has 0 atom stereocenters. The fourth-order valence-corrected chi connectivity index (χ4v) is 2.20. The molecule has 0 spiro atoms. The minimum Gasteiger partial charge on any atom is -0.496 e. The van der Waals surface area contributed by atoms with Crippen LogP contribution < -0.4 is 4.74 Å². The van der Waals surface area contributed by atoms with Gasteiger partial charge in [-0.25, -0.2) is 0 Å². The van der Waals surface area contributed by atoms with Crippen molar-refractivity contribution in [3.63, 3.8) is 0 Å². The molecule has 1 aromatic heterocycles. The predicted molar refractivity (Wildman–Crippen MR) is 80.9 cm³/mol. The summed E-state index contributed by atoms with van der Waals surface area (Å²) in [6.45, 7) is 2.08. The van der Waals surface area contributed by atoms with Crippen molar-refractivity contribution in [1.82, 2.24) is 0 Å². The maximum Gasteiger partial charge on any atom is 0.138 e. The third kappa shape index (κ3) is 2.32. The summed E-state index contributed by atoms with van der Waals surface area (Å²) in [5.74, 6) is 2.50. The summed E-state index contributed by atoms with van der Waals surface area (Å²) in [4.78, 5) is 0. The maximum absolute atomic E-state index is 5.96. The first kappa shape index (κ1) is 12.5. The van der Waals surface area contributed by atoms with Gasteiger partial charge in [-0.2, -0.15) is 0 Å². The molecule has 0 saturated carbocycles. The van der Waals surface area contributed by atoms with E-state index in [-0.39, 0.29) is 0 Å². The van der Waals surface area contributed by atoms with Crippen LogP contribution in [0.4, 0.5) is 0 Å². The molecule has 3 rings (SSSR count). The molecule has 1 heterocycles. The molecule has 0 N–H and O–H groups in total. The fourth-order valence-electron chi connectivity index (χ4n) is 2.20. The van der Waals surface area contributed by atoms with Crippen LogP contribution in [0.25, 0.3) is 22.6 Å². The summed E-state index contributed by atoms with van der Waals surface area (Å²) < 4.78 is 11.3. The van der Waals surface area contributed by atoms with E-state index in [1.807, 2.05) is 36.4 Å². The van der Waals surface area contributed by atoms with Crippen molar-refractivity contribution >= 4 is 0 Å². The number of rotatable bonds is 3. The van der Waals surface area contributed by atoms with Crippen LogP contribution in [-0.4, -0.2) is 7.11 Å². The maximum atomic E-state index is 5.96. The van der Waals surface area contributed by atoms with Crippen molar-refractivity contribution in [2.45, 2.75) is 6.92 Å². The molecular formula is C18H16O2. The summed E-state index contributed by atoms with van der Waals surface area (Å²) >= 11 is 0. The SMILES string of the molecule is COc1ccccc1-c1ccc(-c2ccc(C)cc2)o1. The van der Waals surface area contributed by atoms with Gasteiger partial charge in [0.2, 0.25) is 0 Å². The zero-order valence-corrected chi connectivity index (χ0v) is 11.6. The summed E-state index contributed by atoms with van der Waals surface area (Å²) in [6.07, 6.45) is 0. The highest BCUT2D eigenvalue weighted by Gasteiger charge is 2.10. The van der Waals surface area contributed by atoms with E-state index in [9.17, 15) is 0 Å². The molecular weight excluding hydrogens is 248 g/mol. The molecule has 0 aliphatic heterocycles. The molecule has 20 heavy (non-hydrogen) atoms. The Kier molecular flexibility index (Phi) is 3.30. The lowest BCUT2D eigenvalue weighted by molar-refractivity contribution is 0.415. The van der Waals surface area contributed by atoms with Crippen LogP contribution in [0.3, 0.4) is 0 Å². The average molecular weight is 264 g/mol. The van der Waals surface area contributed by atoms with Crippen LogP contribution in [-0.2, 0) is 0 Å². The normalized spacial score (nSPS) is 10.5. The van der Waals surface area contributed by atoms with Crippen molar-refractivity contribution in [3.05, 3.63) is 66.2 Å². The van der Waals surface area contributed by atoms with Crippen LogP contribution in [0.2, 0.25) is 0 Å². The zero-order valence-electron chi connectivity index (χ0n) is 11.6. The van der Waals surface area contributed by atoms with E-state index < -0.39 is 0 Å². The van der Waals surface area contributed by atoms with Crippen molar-refractivity contribution in [3.8, 4) is 28.4 Å². The van der Waals surface area contributed by atoms with Crippen LogP contribution in [0.15, 0.2) is 65.1 Å². The molecule has 0 bridgehead atoms. The lowest BCUT2D eigenvalue weighted by atomic mass is 10.1. The average Bonchev–Trinajstić information content (AvgIpc) is 2.97. The number of hydrogen-bond donors (Lipinski definition) is 0. The number of aryl methyl sites for hydroxylation is 1. The van der Waals surface area contributed by atoms with Crippen molar-refractivity contribution in [2.24, 2.45) is 0 Å². The highest BCUT2D eigenvalue weighted by molar-refractivity contribution is 5.69. The number of methoxy groups -OCH3 is 1. The largest absolute Gasteiger partial charge is 0.496 e. The van der Waals surface area contributed by atoms with Gasteiger partial charge in [0, 0.05) is 5.56 Å². The summed E-state index contributed by atoms with van der Waals surface area (Å²) in [6, 6.07) is 20.1. The number of hydrogen-bond acceptors (Lipinski definition) is 2. The third-order valence-corrected chi connectivity index (χ3v) is 3.31. The van der Waals surface area contributed by atoms with Crippen LogP contribution >= 0.6 is 0 Å². The quantitative estimate of drug-likeness (QED) is 0.669. The van der Waals surface area contributed by atoms with E-state index >= 15 is 0 Å². The first-order chi connectivity index (χ1) is 9.78. The Labute approximate surface area is 118 Å². The number of para-hydroxylation sites is 1. The van der Waals surface area contributed by atoms with E-state index in [0.29, 0.717) is 0 Å². The number of ether oxygens (including phenoxy) is 1. The Balaban J connectivity index is 2.00. The van der Waals surface area contributed by atoms with Crippen molar-refractivity contribution in [1.29, 1.82) is 0 Å². The Morgan fingerprint density at radius 2 is 1.50 bits per heavy atom. The molecule has 0 amide bonds. The van der Waals surface area contributed by atoms with E-state index in [0.717, 1.165) is 28.4 Å². The highest BCUT2D eigenvalue weighted by atomic mass is 16.5. The Bertz CT molecular complexity index is 708. The van der Waals surface area contributed by atoms with Gasteiger partial charge in [-0.1, -0.05) is 42.0 Å². The molecule has 0 aliphatic carbocycles. The highest BCUT2D eigenvalue weighted by Crippen LogP contribution is 2.33. The molecule has 0 radical (unpaired) electrons. The standard InChI is InChI=1S/C18H16O2/c1-13-7-9-14(10-8-13)16-11-12-18(20-16)15-5-3-4-6-17(15)19-2/h3-12H,1-2H3. The van der Waals surface area contributed by atoms with Crippen LogP contribution in [0.1, 0.15) is 5.56 Å². The topological polar surface area (TPSA) is 22.4 Å². The number of benzene rings is 2. The molecule has 2 nitrogen and oxygen atoms in total. The van der Waals surface area contributed by atoms with Gasteiger partial charge in [0.25, 0.3) is 0 Å². The summed E-state index contributed by atoms with van der Waals surface area (Å²) in [7, 11) is 1.67. The van der Waals surface area contributed by atoms with Gasteiger partial charge in [-0.15, -0.1) is 0 Å². The second-order valence-electron chi connectivity index (χ2n) is 4.73. The van der Waals surface area contributed by atoms with Crippen molar-refractivity contribution in [2.75, 3.05) is 7.11 Å². The minimum atomic E-state index is 0.817. The smallest absolute Gasteiger partial charge is 0.138 e. The molecule has 2 heteroatoms. The molecule has 0 fully saturated rings. The first-order valence-corrected chi connectivity index (χ1v) is 6.58. The summed E-state index contributed by atoms with van der Waals surface area (Å²) in [5, 5.41) is 0. The Morgan fingerprint density at radius 3 is 2.25 bits per heavy atom. The van der Waals surface area contributed by atoms with Gasteiger partial charge >= 0.3 is 0 Å². The summed E-state index contributed by atoms with van der Waals surface area (Å²) in [5.41, 5.74) is 3.29. The minimum absolute atomic E-state index is 0.817. The van der Waals surface area contributed by atoms with Gasteiger partial charge in [0.05, 0.1) is 12.7 Å². The molecule has 2 aromatic carbocycles. The number of furan rings is 1. The van der Waals surface area contributed by atoms with E-state index in [4.69, 9.17) is 9.15 Å². The van der Waals surface area contributed by atoms with Gasteiger partial charge in [-0.05, 0) is 31.2 Å². The van der Waals surface area contributed by atoms with Gasteiger partial charge < -0.3 is 9.15 Å².